The molecule has 2 rings (SSSR count). The number of carboxylic acids is 1. The highest BCUT2D eigenvalue weighted by Gasteiger charge is 2.15. The third-order valence-corrected chi connectivity index (χ3v) is 2.20. The van der Waals surface area contributed by atoms with Crippen molar-refractivity contribution in [2.24, 2.45) is 0 Å². The maximum absolute atomic E-state index is 13.0. The summed E-state index contributed by atoms with van der Waals surface area (Å²) >= 11 is 0. The Morgan fingerprint density at radius 1 is 1.29 bits per heavy atom. The molecule has 0 unspecified atom stereocenters. The number of benzene rings is 1. The Balaban J connectivity index is 2.59. The van der Waals surface area contributed by atoms with Crippen molar-refractivity contribution in [1.29, 1.82) is 0 Å². The van der Waals surface area contributed by atoms with Crippen LogP contribution in [0.25, 0.3) is 5.69 Å². The monoisotopic (exact) mass is 238 g/mol. The molecule has 0 spiro atoms. The Morgan fingerprint density at radius 2 is 2.00 bits per heavy atom. The summed E-state index contributed by atoms with van der Waals surface area (Å²) in [6.45, 7) is 1.61. The van der Waals surface area contributed by atoms with Gasteiger partial charge in [0, 0.05) is 6.07 Å². The fraction of sp³-hybridized carbons (Fsp3) is 0.0909. The van der Waals surface area contributed by atoms with Crippen molar-refractivity contribution < 1.29 is 18.7 Å². The zero-order valence-electron chi connectivity index (χ0n) is 8.82. The molecule has 0 fully saturated rings. The van der Waals surface area contributed by atoms with E-state index in [2.05, 4.69) is 5.10 Å². The zero-order valence-corrected chi connectivity index (χ0v) is 8.82. The average Bonchev–Trinajstić information content (AvgIpc) is 2.64. The minimum absolute atomic E-state index is 0.103. The van der Waals surface area contributed by atoms with E-state index < -0.39 is 17.6 Å². The molecule has 0 bridgehead atoms. The fourth-order valence-electron chi connectivity index (χ4n) is 1.47. The summed E-state index contributed by atoms with van der Waals surface area (Å²) in [7, 11) is 0. The van der Waals surface area contributed by atoms with Gasteiger partial charge in [0.1, 0.15) is 0 Å². The number of rotatable bonds is 2. The second kappa shape index (κ2) is 3.97. The Bertz CT molecular complexity index is 593. The minimum Gasteiger partial charge on any atom is -0.477 e. The molecule has 0 saturated carbocycles. The molecule has 0 aliphatic rings. The van der Waals surface area contributed by atoms with Gasteiger partial charge in [-0.05, 0) is 25.1 Å². The molecule has 6 heteroatoms. The molecule has 88 valence electrons. The lowest BCUT2D eigenvalue weighted by atomic mass is 10.3. The lowest BCUT2D eigenvalue weighted by Gasteiger charge is -2.04. The standard InChI is InChI=1S/C11H8F2N2O2/c1-6-4-10(11(16)17)15(14-6)7-2-3-8(12)9(13)5-7/h2-5H,1H3,(H,16,17). The van der Waals surface area contributed by atoms with Gasteiger partial charge in [-0.15, -0.1) is 0 Å². The molecule has 1 aromatic carbocycles. The van der Waals surface area contributed by atoms with Crippen LogP contribution in [0.4, 0.5) is 8.78 Å². The number of hydrogen-bond acceptors (Lipinski definition) is 2. The Kier molecular flexibility index (Phi) is 2.63. The second-order valence-corrected chi connectivity index (χ2v) is 3.49. The Hall–Kier alpha value is -2.24. The van der Waals surface area contributed by atoms with Crippen molar-refractivity contribution in [3.8, 4) is 5.69 Å². The topological polar surface area (TPSA) is 55.1 Å². The van der Waals surface area contributed by atoms with Crippen molar-refractivity contribution in [2.75, 3.05) is 0 Å². The first-order chi connectivity index (χ1) is 7.99. The smallest absolute Gasteiger partial charge is 0.354 e. The molecular weight excluding hydrogens is 230 g/mol. The van der Waals surface area contributed by atoms with Crippen LogP contribution < -0.4 is 0 Å². The molecule has 1 N–H and O–H groups in total. The minimum atomic E-state index is -1.18. The summed E-state index contributed by atoms with van der Waals surface area (Å²) < 4.78 is 26.9. The number of aromatic nitrogens is 2. The van der Waals surface area contributed by atoms with E-state index in [0.717, 1.165) is 16.8 Å². The van der Waals surface area contributed by atoms with Gasteiger partial charge in [-0.1, -0.05) is 0 Å². The van der Waals surface area contributed by atoms with Crippen LogP contribution in [-0.4, -0.2) is 20.9 Å². The van der Waals surface area contributed by atoms with Gasteiger partial charge >= 0.3 is 5.97 Å². The van der Waals surface area contributed by atoms with E-state index in [1.807, 2.05) is 0 Å². The van der Waals surface area contributed by atoms with Gasteiger partial charge < -0.3 is 5.11 Å². The van der Waals surface area contributed by atoms with Crippen molar-refractivity contribution in [2.45, 2.75) is 6.92 Å². The summed E-state index contributed by atoms with van der Waals surface area (Å²) in [5.41, 5.74) is 0.537. The first-order valence-electron chi connectivity index (χ1n) is 4.74. The molecular formula is C11H8F2N2O2. The molecule has 2 aromatic rings. The molecule has 0 saturated heterocycles. The van der Waals surface area contributed by atoms with E-state index in [-0.39, 0.29) is 11.4 Å². The number of aromatic carboxylic acids is 1. The predicted molar refractivity (Wildman–Crippen MR) is 55.2 cm³/mol. The average molecular weight is 238 g/mol. The summed E-state index contributed by atoms with van der Waals surface area (Å²) in [4.78, 5) is 10.9. The molecule has 1 heterocycles. The van der Waals surface area contributed by atoms with Crippen LogP contribution in [0.2, 0.25) is 0 Å². The molecule has 0 atom stereocenters. The lowest BCUT2D eigenvalue weighted by molar-refractivity contribution is 0.0687. The van der Waals surface area contributed by atoms with Crippen LogP contribution in [0.5, 0.6) is 0 Å². The summed E-state index contributed by atoms with van der Waals surface area (Å²) in [5.74, 6) is -3.23. The van der Waals surface area contributed by atoms with Crippen LogP contribution in [0.3, 0.4) is 0 Å². The zero-order chi connectivity index (χ0) is 12.6. The highest BCUT2D eigenvalue weighted by Crippen LogP contribution is 2.15. The van der Waals surface area contributed by atoms with Gasteiger partial charge in [-0.25, -0.2) is 18.3 Å². The number of hydrogen-bond donors (Lipinski definition) is 1. The van der Waals surface area contributed by atoms with E-state index in [1.165, 1.54) is 12.1 Å². The van der Waals surface area contributed by atoms with Crippen LogP contribution in [-0.2, 0) is 0 Å². The number of carbonyl (C=O) groups is 1. The van der Waals surface area contributed by atoms with Gasteiger partial charge in [0.05, 0.1) is 11.4 Å². The molecule has 4 nitrogen and oxygen atoms in total. The number of halogens is 2. The number of nitrogens with zero attached hydrogens (tertiary/aromatic N) is 2. The van der Waals surface area contributed by atoms with E-state index in [4.69, 9.17) is 5.11 Å². The van der Waals surface area contributed by atoms with Gasteiger partial charge in [-0.3, -0.25) is 0 Å². The molecule has 0 amide bonds. The lowest BCUT2D eigenvalue weighted by Crippen LogP contribution is -2.08. The Labute approximate surface area is 95.1 Å². The van der Waals surface area contributed by atoms with Crippen molar-refractivity contribution in [3.63, 3.8) is 0 Å². The van der Waals surface area contributed by atoms with Crippen LogP contribution >= 0.6 is 0 Å². The third kappa shape index (κ3) is 2.01. The number of carboxylic acid groups (broad SMARTS) is 1. The number of aryl methyl sites for hydroxylation is 1. The fourth-order valence-corrected chi connectivity index (χ4v) is 1.47. The van der Waals surface area contributed by atoms with Crippen molar-refractivity contribution >= 4 is 5.97 Å². The SMILES string of the molecule is Cc1cc(C(=O)O)n(-c2ccc(F)c(F)c2)n1. The molecule has 0 aliphatic heterocycles. The maximum atomic E-state index is 13.0. The van der Waals surface area contributed by atoms with Gasteiger partial charge in [-0.2, -0.15) is 5.10 Å². The largest absolute Gasteiger partial charge is 0.477 e. The highest BCUT2D eigenvalue weighted by molar-refractivity contribution is 5.86. The summed E-state index contributed by atoms with van der Waals surface area (Å²) in [5, 5.41) is 12.9. The Morgan fingerprint density at radius 3 is 2.59 bits per heavy atom. The van der Waals surface area contributed by atoms with Gasteiger partial charge in [0.2, 0.25) is 0 Å². The molecule has 17 heavy (non-hydrogen) atoms. The summed E-state index contributed by atoms with van der Waals surface area (Å²) in [6.07, 6.45) is 0. The third-order valence-electron chi connectivity index (χ3n) is 2.20. The van der Waals surface area contributed by atoms with E-state index >= 15 is 0 Å². The molecule has 0 aliphatic carbocycles. The quantitative estimate of drug-likeness (QED) is 0.872. The maximum Gasteiger partial charge on any atom is 0.354 e. The van der Waals surface area contributed by atoms with Gasteiger partial charge in [0.25, 0.3) is 0 Å². The van der Waals surface area contributed by atoms with Crippen LogP contribution in [0.15, 0.2) is 24.3 Å². The van der Waals surface area contributed by atoms with Crippen LogP contribution in [0, 0.1) is 18.6 Å². The first kappa shape index (κ1) is 11.3. The predicted octanol–water partition coefficient (Wildman–Crippen LogP) is 2.16. The second-order valence-electron chi connectivity index (χ2n) is 3.49. The van der Waals surface area contributed by atoms with E-state index in [0.29, 0.717) is 5.69 Å². The molecule has 0 radical (unpaired) electrons. The summed E-state index contributed by atoms with van der Waals surface area (Å²) in [6, 6.07) is 4.43. The normalized spacial score (nSPS) is 10.5. The van der Waals surface area contributed by atoms with E-state index in [1.54, 1.807) is 6.92 Å². The highest BCUT2D eigenvalue weighted by atomic mass is 19.2. The first-order valence-corrected chi connectivity index (χ1v) is 4.74. The molecule has 1 aromatic heterocycles. The van der Waals surface area contributed by atoms with Crippen molar-refractivity contribution in [1.82, 2.24) is 9.78 Å². The van der Waals surface area contributed by atoms with E-state index in [9.17, 15) is 13.6 Å². The van der Waals surface area contributed by atoms with Gasteiger partial charge in [0.15, 0.2) is 17.3 Å². The van der Waals surface area contributed by atoms with Crippen molar-refractivity contribution in [3.05, 3.63) is 47.3 Å². The van der Waals surface area contributed by atoms with Crippen LogP contribution in [0.1, 0.15) is 16.2 Å².